The van der Waals surface area contributed by atoms with Crippen LogP contribution in [0.25, 0.3) is 5.57 Å². The largest absolute Gasteiger partial charge is 0.507 e. The number of hydrogen-bond donors (Lipinski definition) is 1. The molecule has 1 aliphatic rings. The third-order valence-electron chi connectivity index (χ3n) is 2.23. The predicted molar refractivity (Wildman–Crippen MR) is 55.1 cm³/mol. The van der Waals surface area contributed by atoms with Gasteiger partial charge in [0.25, 0.3) is 0 Å². The van der Waals surface area contributed by atoms with Gasteiger partial charge >= 0.3 is 0 Å². The van der Waals surface area contributed by atoms with Crippen molar-refractivity contribution in [2.45, 2.75) is 4.90 Å². The standard InChI is InChI=1S/C10H10O4S/c1-14-5-7-6-15(12,13)9-4-2-3-8(11)10(7)9/h2-4,6,11H,5H2,1H3. The molecule has 2 rings (SSSR count). The van der Waals surface area contributed by atoms with Gasteiger partial charge in [-0.15, -0.1) is 0 Å². The Morgan fingerprint density at radius 2 is 2.13 bits per heavy atom. The molecule has 0 unspecified atom stereocenters. The van der Waals surface area contributed by atoms with E-state index in [1.807, 2.05) is 0 Å². The number of aromatic hydroxyl groups is 1. The van der Waals surface area contributed by atoms with E-state index < -0.39 is 9.84 Å². The molecule has 1 aromatic carbocycles. The smallest absolute Gasteiger partial charge is 0.200 e. The summed E-state index contributed by atoms with van der Waals surface area (Å²) in [5.41, 5.74) is 0.852. The monoisotopic (exact) mass is 226 g/mol. The van der Waals surface area contributed by atoms with Gasteiger partial charge in [0.2, 0.25) is 9.84 Å². The van der Waals surface area contributed by atoms with Crippen LogP contribution in [0.4, 0.5) is 0 Å². The Morgan fingerprint density at radius 3 is 2.80 bits per heavy atom. The Balaban J connectivity index is 2.69. The maximum Gasteiger partial charge on any atom is 0.200 e. The molecule has 1 N–H and O–H groups in total. The van der Waals surface area contributed by atoms with E-state index >= 15 is 0 Å². The van der Waals surface area contributed by atoms with Gasteiger partial charge in [-0.3, -0.25) is 0 Å². The lowest BCUT2D eigenvalue weighted by molar-refractivity contribution is 0.239. The fourth-order valence-corrected chi connectivity index (χ4v) is 3.13. The van der Waals surface area contributed by atoms with Crippen LogP contribution in [-0.4, -0.2) is 27.2 Å². The van der Waals surface area contributed by atoms with Crippen LogP contribution in [0.1, 0.15) is 5.56 Å². The number of rotatable bonds is 2. The second-order valence-electron chi connectivity index (χ2n) is 3.27. The minimum atomic E-state index is -3.40. The summed E-state index contributed by atoms with van der Waals surface area (Å²) >= 11 is 0. The van der Waals surface area contributed by atoms with Crippen molar-refractivity contribution in [2.75, 3.05) is 13.7 Å². The molecule has 1 heterocycles. The molecule has 15 heavy (non-hydrogen) atoms. The Labute approximate surface area is 87.7 Å². The van der Waals surface area contributed by atoms with Gasteiger partial charge in [-0.2, -0.15) is 0 Å². The summed E-state index contributed by atoms with van der Waals surface area (Å²) < 4.78 is 28.2. The van der Waals surface area contributed by atoms with Gasteiger partial charge in [-0.25, -0.2) is 8.42 Å². The molecule has 0 spiro atoms. The van der Waals surface area contributed by atoms with Gasteiger partial charge in [-0.1, -0.05) is 6.07 Å². The highest BCUT2D eigenvalue weighted by Crippen LogP contribution is 2.38. The number of methoxy groups -OCH3 is 1. The minimum absolute atomic E-state index is 0.0307. The lowest BCUT2D eigenvalue weighted by atomic mass is 10.1. The highest BCUT2D eigenvalue weighted by molar-refractivity contribution is 7.95. The summed E-state index contributed by atoms with van der Waals surface area (Å²) in [4.78, 5) is 0.148. The number of hydrogen-bond acceptors (Lipinski definition) is 4. The van der Waals surface area contributed by atoms with Gasteiger partial charge in [0.15, 0.2) is 0 Å². The second-order valence-corrected chi connectivity index (χ2v) is 5.04. The molecule has 0 amide bonds. The van der Waals surface area contributed by atoms with E-state index in [-0.39, 0.29) is 17.3 Å². The van der Waals surface area contributed by atoms with Gasteiger partial charge in [0, 0.05) is 23.7 Å². The van der Waals surface area contributed by atoms with E-state index in [1.165, 1.54) is 25.3 Å². The lowest BCUT2D eigenvalue weighted by Crippen LogP contribution is -1.94. The van der Waals surface area contributed by atoms with Gasteiger partial charge < -0.3 is 9.84 Å². The molecule has 0 saturated heterocycles. The number of benzene rings is 1. The Morgan fingerprint density at radius 1 is 1.40 bits per heavy atom. The molecule has 0 atom stereocenters. The van der Waals surface area contributed by atoms with Crippen molar-refractivity contribution in [3.05, 3.63) is 29.2 Å². The first-order chi connectivity index (χ1) is 7.06. The van der Waals surface area contributed by atoms with Crippen LogP contribution in [0.3, 0.4) is 0 Å². The number of fused-ring (bicyclic) bond motifs is 1. The SMILES string of the molecule is COCC1=CS(=O)(=O)c2cccc(O)c21. The summed E-state index contributed by atoms with van der Waals surface area (Å²) in [6.45, 7) is 0.170. The molecule has 0 aromatic heterocycles. The summed E-state index contributed by atoms with van der Waals surface area (Å²) in [6.07, 6.45) is 0. The summed E-state index contributed by atoms with van der Waals surface area (Å²) in [7, 11) is -1.92. The van der Waals surface area contributed by atoms with Crippen LogP contribution in [0, 0.1) is 0 Å². The van der Waals surface area contributed by atoms with Crippen molar-refractivity contribution in [1.29, 1.82) is 0 Å². The normalized spacial score (nSPS) is 17.3. The molecule has 0 aliphatic carbocycles. The molecule has 80 valence electrons. The van der Waals surface area contributed by atoms with E-state index in [9.17, 15) is 13.5 Å². The fourth-order valence-electron chi connectivity index (χ4n) is 1.65. The van der Waals surface area contributed by atoms with Crippen LogP contribution in [0.5, 0.6) is 5.75 Å². The molecule has 1 aliphatic heterocycles. The molecule has 0 saturated carbocycles. The van der Waals surface area contributed by atoms with Gasteiger partial charge in [-0.05, 0) is 12.1 Å². The highest BCUT2D eigenvalue weighted by atomic mass is 32.2. The van der Waals surface area contributed by atoms with Gasteiger partial charge in [0.05, 0.1) is 11.5 Å². The summed E-state index contributed by atoms with van der Waals surface area (Å²) in [5, 5.41) is 10.7. The zero-order valence-electron chi connectivity index (χ0n) is 8.10. The van der Waals surface area contributed by atoms with Crippen molar-refractivity contribution in [3.63, 3.8) is 0 Å². The first kappa shape index (κ1) is 10.2. The minimum Gasteiger partial charge on any atom is -0.507 e. The van der Waals surface area contributed by atoms with Gasteiger partial charge in [0.1, 0.15) is 5.75 Å². The first-order valence-electron chi connectivity index (χ1n) is 4.33. The molecular formula is C10H10O4S. The zero-order chi connectivity index (χ0) is 11.1. The van der Waals surface area contributed by atoms with E-state index in [4.69, 9.17) is 4.74 Å². The van der Waals surface area contributed by atoms with E-state index in [0.717, 1.165) is 5.41 Å². The van der Waals surface area contributed by atoms with Crippen LogP contribution in [0.15, 0.2) is 28.5 Å². The molecule has 0 bridgehead atoms. The molecule has 0 radical (unpaired) electrons. The first-order valence-corrected chi connectivity index (χ1v) is 5.88. The maximum absolute atomic E-state index is 11.6. The maximum atomic E-state index is 11.6. The third-order valence-corrected chi connectivity index (χ3v) is 3.78. The number of sulfone groups is 1. The molecule has 0 fully saturated rings. The summed E-state index contributed by atoms with van der Waals surface area (Å²) in [6, 6.07) is 4.45. The van der Waals surface area contributed by atoms with Crippen molar-refractivity contribution >= 4 is 15.4 Å². The third kappa shape index (κ3) is 1.53. The Kier molecular flexibility index (Phi) is 2.28. The Hall–Kier alpha value is -1.33. The zero-order valence-corrected chi connectivity index (χ0v) is 8.91. The van der Waals surface area contributed by atoms with Crippen LogP contribution in [-0.2, 0) is 14.6 Å². The van der Waals surface area contributed by atoms with E-state index in [1.54, 1.807) is 0 Å². The second kappa shape index (κ2) is 3.36. The number of phenols is 1. The average Bonchev–Trinajstić information content (AvgIpc) is 2.41. The number of phenolic OH excluding ortho intramolecular Hbond substituents is 1. The molecule has 5 heteroatoms. The van der Waals surface area contributed by atoms with Crippen LogP contribution in [0.2, 0.25) is 0 Å². The topological polar surface area (TPSA) is 63.6 Å². The van der Waals surface area contributed by atoms with E-state index in [2.05, 4.69) is 0 Å². The summed E-state index contributed by atoms with van der Waals surface area (Å²) in [5.74, 6) is -0.0307. The average molecular weight is 226 g/mol. The highest BCUT2D eigenvalue weighted by Gasteiger charge is 2.28. The molecule has 4 nitrogen and oxygen atoms in total. The van der Waals surface area contributed by atoms with Crippen molar-refractivity contribution in [3.8, 4) is 5.75 Å². The van der Waals surface area contributed by atoms with Crippen molar-refractivity contribution in [1.82, 2.24) is 0 Å². The van der Waals surface area contributed by atoms with Crippen LogP contribution >= 0.6 is 0 Å². The van der Waals surface area contributed by atoms with E-state index in [0.29, 0.717) is 11.1 Å². The quantitative estimate of drug-likeness (QED) is 0.822. The van der Waals surface area contributed by atoms with Crippen molar-refractivity contribution in [2.24, 2.45) is 0 Å². The number of ether oxygens (including phenoxy) is 1. The molecule has 1 aromatic rings. The lowest BCUT2D eigenvalue weighted by Gasteiger charge is -2.05. The molecular weight excluding hydrogens is 216 g/mol. The predicted octanol–water partition coefficient (Wildman–Crippen LogP) is 1.17. The Bertz CT molecular complexity index is 528. The van der Waals surface area contributed by atoms with Crippen molar-refractivity contribution < 1.29 is 18.3 Å². The van der Waals surface area contributed by atoms with Crippen LogP contribution < -0.4 is 0 Å². The fraction of sp³-hybridized carbons (Fsp3) is 0.200.